The summed E-state index contributed by atoms with van der Waals surface area (Å²) >= 11 is 13.6. The van der Waals surface area contributed by atoms with Gasteiger partial charge in [0.15, 0.2) is 0 Å². The van der Waals surface area contributed by atoms with Crippen LogP contribution in [0.25, 0.3) is 0 Å². The number of halogens is 2. The molecule has 3 nitrogen and oxygen atoms in total. The van der Waals surface area contributed by atoms with Crippen molar-refractivity contribution in [1.29, 1.82) is 0 Å². The van der Waals surface area contributed by atoms with Crippen LogP contribution in [0, 0.1) is 0 Å². The van der Waals surface area contributed by atoms with Crippen LogP contribution in [0.4, 0.5) is 5.69 Å². The number of para-hydroxylation sites is 1. The molecule has 0 bridgehead atoms. The second-order valence-electron chi connectivity index (χ2n) is 5.55. The molecule has 26 heavy (non-hydrogen) atoms. The standard InChI is InChI=1S/C20H13Cl2N3S/c21-16-10-6-14(7-11-16)19-23-25(18-4-2-1-3-5-18)24-20(26-19)15-8-12-17(22)13-9-15/h1-13H. The van der Waals surface area contributed by atoms with Crippen LogP contribution in [0.2, 0.25) is 10.0 Å². The van der Waals surface area contributed by atoms with E-state index in [1.807, 2.05) is 78.9 Å². The fourth-order valence-electron chi connectivity index (χ4n) is 2.42. The van der Waals surface area contributed by atoms with Crippen LogP contribution in [0.3, 0.4) is 0 Å². The summed E-state index contributed by atoms with van der Waals surface area (Å²) in [5, 5.41) is 14.2. The number of benzene rings is 3. The van der Waals surface area contributed by atoms with Crippen molar-refractivity contribution in [1.82, 2.24) is 0 Å². The van der Waals surface area contributed by atoms with Gasteiger partial charge in [-0.1, -0.05) is 65.7 Å². The highest BCUT2D eigenvalue weighted by atomic mass is 35.5. The van der Waals surface area contributed by atoms with E-state index < -0.39 is 0 Å². The molecule has 0 fully saturated rings. The second kappa shape index (κ2) is 7.54. The summed E-state index contributed by atoms with van der Waals surface area (Å²) in [4.78, 5) is 0. The molecule has 1 aliphatic rings. The van der Waals surface area contributed by atoms with Crippen molar-refractivity contribution < 1.29 is 0 Å². The predicted octanol–water partition coefficient (Wildman–Crippen LogP) is 6.27. The number of anilines is 1. The third-order valence-corrected chi connectivity index (χ3v) is 5.26. The van der Waals surface area contributed by atoms with Crippen molar-refractivity contribution in [2.24, 2.45) is 10.2 Å². The Kier molecular flexibility index (Phi) is 4.98. The lowest BCUT2D eigenvalue weighted by molar-refractivity contribution is 0.931. The Balaban J connectivity index is 1.76. The molecule has 3 aromatic rings. The summed E-state index contributed by atoms with van der Waals surface area (Å²) in [5.74, 6) is 0. The quantitative estimate of drug-likeness (QED) is 0.520. The van der Waals surface area contributed by atoms with Crippen molar-refractivity contribution in [2.45, 2.75) is 0 Å². The normalized spacial score (nSPS) is 14.0. The van der Waals surface area contributed by atoms with Gasteiger partial charge in [0, 0.05) is 21.2 Å². The summed E-state index contributed by atoms with van der Waals surface area (Å²) in [6.45, 7) is 0. The molecule has 0 unspecified atom stereocenters. The highest BCUT2D eigenvalue weighted by Gasteiger charge is 2.20. The first-order valence-electron chi connectivity index (χ1n) is 7.91. The Morgan fingerprint density at radius 1 is 0.615 bits per heavy atom. The first-order chi connectivity index (χ1) is 12.7. The molecule has 0 amide bonds. The number of hydrogen-bond acceptors (Lipinski definition) is 4. The average molecular weight is 398 g/mol. The van der Waals surface area contributed by atoms with E-state index >= 15 is 0 Å². The monoisotopic (exact) mass is 397 g/mol. The van der Waals surface area contributed by atoms with Crippen molar-refractivity contribution in [3.63, 3.8) is 0 Å². The largest absolute Gasteiger partial charge is 0.149 e. The van der Waals surface area contributed by atoms with Gasteiger partial charge in [0.05, 0.1) is 5.69 Å². The van der Waals surface area contributed by atoms with E-state index in [9.17, 15) is 0 Å². The maximum Gasteiger partial charge on any atom is 0.132 e. The summed E-state index contributed by atoms with van der Waals surface area (Å²) in [6, 6.07) is 25.1. The van der Waals surface area contributed by atoms with Crippen LogP contribution in [-0.4, -0.2) is 10.1 Å². The van der Waals surface area contributed by atoms with Gasteiger partial charge in [-0.25, -0.2) is 0 Å². The van der Waals surface area contributed by atoms with Gasteiger partial charge in [0.2, 0.25) is 0 Å². The Labute approximate surface area is 165 Å². The Morgan fingerprint density at radius 3 is 1.54 bits per heavy atom. The molecule has 6 heteroatoms. The smallest absolute Gasteiger partial charge is 0.132 e. The SMILES string of the molecule is Clc1ccc(C2=NN(c3ccccc3)N=C(c3ccc(Cl)cc3)S2)cc1. The molecule has 128 valence electrons. The second-order valence-corrected chi connectivity index (χ2v) is 7.40. The van der Waals surface area contributed by atoms with Crippen molar-refractivity contribution in [3.05, 3.63) is 100 Å². The van der Waals surface area contributed by atoms with Gasteiger partial charge in [0.1, 0.15) is 10.1 Å². The molecule has 1 heterocycles. The fourth-order valence-corrected chi connectivity index (χ4v) is 3.60. The summed E-state index contributed by atoms with van der Waals surface area (Å²) < 4.78 is 0. The van der Waals surface area contributed by atoms with E-state index in [4.69, 9.17) is 33.4 Å². The molecule has 0 radical (unpaired) electrons. The van der Waals surface area contributed by atoms with E-state index in [1.54, 1.807) is 5.12 Å². The molecule has 0 aliphatic carbocycles. The molecular formula is C20H13Cl2N3S. The van der Waals surface area contributed by atoms with Gasteiger partial charge in [-0.15, -0.1) is 15.3 Å². The lowest BCUT2D eigenvalue weighted by atomic mass is 10.2. The zero-order valence-corrected chi connectivity index (χ0v) is 15.8. The molecular weight excluding hydrogens is 385 g/mol. The van der Waals surface area contributed by atoms with Crippen LogP contribution < -0.4 is 5.12 Å². The Hall–Kier alpha value is -2.27. The molecule has 0 saturated carbocycles. The van der Waals surface area contributed by atoms with Gasteiger partial charge in [0.25, 0.3) is 0 Å². The van der Waals surface area contributed by atoms with Gasteiger partial charge in [-0.3, -0.25) is 0 Å². The summed E-state index contributed by atoms with van der Waals surface area (Å²) in [7, 11) is 0. The average Bonchev–Trinajstić information content (AvgIpc) is 2.69. The van der Waals surface area contributed by atoms with E-state index in [0.717, 1.165) is 26.9 Å². The first-order valence-corrected chi connectivity index (χ1v) is 9.48. The van der Waals surface area contributed by atoms with Crippen LogP contribution in [-0.2, 0) is 0 Å². The van der Waals surface area contributed by atoms with Gasteiger partial charge in [-0.05, 0) is 48.2 Å². The molecule has 3 aromatic carbocycles. The van der Waals surface area contributed by atoms with Crippen molar-refractivity contribution in [2.75, 3.05) is 5.12 Å². The summed E-state index contributed by atoms with van der Waals surface area (Å²) in [5.41, 5.74) is 2.87. The van der Waals surface area contributed by atoms with Crippen molar-refractivity contribution in [3.8, 4) is 0 Å². The lowest BCUT2D eigenvalue weighted by Gasteiger charge is -2.22. The predicted molar refractivity (Wildman–Crippen MR) is 112 cm³/mol. The third-order valence-electron chi connectivity index (χ3n) is 3.73. The topological polar surface area (TPSA) is 28.0 Å². The molecule has 0 spiro atoms. The van der Waals surface area contributed by atoms with Crippen molar-refractivity contribution >= 4 is 50.7 Å². The lowest BCUT2D eigenvalue weighted by Crippen LogP contribution is -2.20. The van der Waals surface area contributed by atoms with Crippen LogP contribution in [0.5, 0.6) is 0 Å². The number of nitrogens with zero attached hydrogens (tertiary/aromatic N) is 3. The maximum absolute atomic E-state index is 6.02. The number of hydrogen-bond donors (Lipinski definition) is 0. The summed E-state index contributed by atoms with van der Waals surface area (Å²) in [6.07, 6.45) is 0. The maximum atomic E-state index is 6.02. The molecule has 1 aliphatic heterocycles. The van der Waals surface area contributed by atoms with E-state index in [1.165, 1.54) is 11.8 Å². The Bertz CT molecular complexity index is 907. The van der Waals surface area contributed by atoms with Crippen LogP contribution in [0.15, 0.2) is 89.1 Å². The third kappa shape index (κ3) is 3.78. The zero-order valence-electron chi connectivity index (χ0n) is 13.5. The van der Waals surface area contributed by atoms with Crippen LogP contribution in [0.1, 0.15) is 11.1 Å². The van der Waals surface area contributed by atoms with Gasteiger partial charge in [-0.2, -0.15) is 0 Å². The molecule has 0 atom stereocenters. The van der Waals surface area contributed by atoms with E-state index in [0.29, 0.717) is 10.0 Å². The molecule has 0 aromatic heterocycles. The van der Waals surface area contributed by atoms with E-state index in [2.05, 4.69) is 0 Å². The molecule has 0 N–H and O–H groups in total. The molecule has 0 saturated heterocycles. The van der Waals surface area contributed by atoms with Crippen LogP contribution >= 0.6 is 35.0 Å². The fraction of sp³-hybridized carbons (Fsp3) is 0. The number of thioether (sulfide) groups is 1. The molecule has 4 rings (SSSR count). The van der Waals surface area contributed by atoms with Gasteiger partial charge >= 0.3 is 0 Å². The number of rotatable bonds is 3. The van der Waals surface area contributed by atoms with Gasteiger partial charge < -0.3 is 0 Å². The van der Waals surface area contributed by atoms with E-state index in [-0.39, 0.29) is 0 Å². The minimum absolute atomic E-state index is 0.696. The minimum atomic E-state index is 0.696. The zero-order chi connectivity index (χ0) is 17.9. The highest BCUT2D eigenvalue weighted by molar-refractivity contribution is 8.27. The number of hydrazone groups is 2. The minimum Gasteiger partial charge on any atom is -0.149 e. The Morgan fingerprint density at radius 2 is 1.08 bits per heavy atom. The first kappa shape index (κ1) is 17.2. The highest BCUT2D eigenvalue weighted by Crippen LogP contribution is 2.29.